The van der Waals surface area contributed by atoms with Gasteiger partial charge in [0.05, 0.1) is 0 Å². The van der Waals surface area contributed by atoms with Crippen molar-refractivity contribution in [2.24, 2.45) is 0 Å². The van der Waals surface area contributed by atoms with Crippen LogP contribution in [-0.4, -0.2) is 24.4 Å². The molecule has 1 amide bonds. The molecule has 2 aromatic rings. The Bertz CT molecular complexity index is 625. The van der Waals surface area contributed by atoms with E-state index in [9.17, 15) is 13.6 Å². The van der Waals surface area contributed by atoms with Crippen LogP contribution in [-0.2, 0) is 17.6 Å². The van der Waals surface area contributed by atoms with E-state index >= 15 is 0 Å². The molecule has 0 fully saturated rings. The molecule has 0 spiro atoms. The number of halogens is 2. The summed E-state index contributed by atoms with van der Waals surface area (Å²) < 4.78 is 26.3. The predicted molar refractivity (Wildman–Crippen MR) is 82.5 cm³/mol. The number of nitrogens with zero attached hydrogens (tertiary/aromatic N) is 1. The third kappa shape index (κ3) is 4.65. The molecule has 0 radical (unpaired) electrons. The molecule has 0 aliphatic carbocycles. The van der Waals surface area contributed by atoms with Crippen LogP contribution in [0.5, 0.6) is 0 Å². The minimum absolute atomic E-state index is 0.0228. The molecule has 2 aromatic carbocycles. The Morgan fingerprint density at radius 3 is 2.36 bits per heavy atom. The molecule has 116 valence electrons. The molecule has 0 aromatic heterocycles. The Morgan fingerprint density at radius 1 is 1.00 bits per heavy atom. The van der Waals surface area contributed by atoms with Crippen molar-refractivity contribution in [2.75, 3.05) is 13.6 Å². The fourth-order valence-corrected chi connectivity index (χ4v) is 2.21. The van der Waals surface area contributed by atoms with Gasteiger partial charge in [0.2, 0.25) is 5.91 Å². The summed E-state index contributed by atoms with van der Waals surface area (Å²) in [5, 5.41) is 0. The van der Waals surface area contributed by atoms with Crippen LogP contribution in [0.15, 0.2) is 48.5 Å². The van der Waals surface area contributed by atoms with E-state index in [1.165, 1.54) is 18.2 Å². The first-order chi connectivity index (χ1) is 10.6. The van der Waals surface area contributed by atoms with Crippen molar-refractivity contribution in [3.8, 4) is 0 Å². The van der Waals surface area contributed by atoms with Crippen molar-refractivity contribution < 1.29 is 13.6 Å². The van der Waals surface area contributed by atoms with E-state index in [4.69, 9.17) is 0 Å². The van der Waals surface area contributed by atoms with Crippen LogP contribution in [0.2, 0.25) is 0 Å². The summed E-state index contributed by atoms with van der Waals surface area (Å²) in [6.45, 7) is 0.557. The highest BCUT2D eigenvalue weighted by Gasteiger charge is 2.10. The molecule has 2 nitrogen and oxygen atoms in total. The first-order valence-corrected chi connectivity index (χ1v) is 7.28. The smallest absolute Gasteiger partial charge is 0.222 e. The molecule has 0 saturated carbocycles. The van der Waals surface area contributed by atoms with Crippen molar-refractivity contribution in [3.63, 3.8) is 0 Å². The second-order valence-corrected chi connectivity index (χ2v) is 5.28. The van der Waals surface area contributed by atoms with Gasteiger partial charge in [-0.1, -0.05) is 30.3 Å². The highest BCUT2D eigenvalue weighted by atomic mass is 19.1. The first-order valence-electron chi connectivity index (χ1n) is 7.28. The molecule has 0 N–H and O–H groups in total. The Labute approximate surface area is 129 Å². The lowest BCUT2D eigenvalue weighted by molar-refractivity contribution is -0.129. The van der Waals surface area contributed by atoms with E-state index in [0.717, 1.165) is 5.56 Å². The molecule has 0 heterocycles. The maximum Gasteiger partial charge on any atom is 0.222 e. The first kappa shape index (κ1) is 16.1. The van der Waals surface area contributed by atoms with E-state index < -0.39 is 0 Å². The van der Waals surface area contributed by atoms with Gasteiger partial charge in [-0.05, 0) is 42.2 Å². The molecule has 0 bridgehead atoms. The second-order valence-electron chi connectivity index (χ2n) is 5.28. The standard InChI is InChI=1S/C18H19F2NO/c1-21(13-12-14-6-9-16(19)10-7-14)18(22)11-8-15-4-2-3-5-17(15)20/h2-7,9-10H,8,11-13H2,1H3. The minimum Gasteiger partial charge on any atom is -0.345 e. The monoisotopic (exact) mass is 303 g/mol. The van der Waals surface area contributed by atoms with Gasteiger partial charge in [0.25, 0.3) is 0 Å². The van der Waals surface area contributed by atoms with E-state index in [2.05, 4.69) is 0 Å². The Morgan fingerprint density at radius 2 is 1.68 bits per heavy atom. The summed E-state index contributed by atoms with van der Waals surface area (Å²) in [5.41, 5.74) is 1.54. The van der Waals surface area contributed by atoms with E-state index in [1.54, 1.807) is 42.3 Å². The van der Waals surface area contributed by atoms with Crippen molar-refractivity contribution in [3.05, 3.63) is 71.3 Å². The van der Waals surface area contributed by atoms with Crippen LogP contribution >= 0.6 is 0 Å². The Balaban J connectivity index is 1.79. The normalized spacial score (nSPS) is 10.5. The summed E-state index contributed by atoms with van der Waals surface area (Å²) >= 11 is 0. The summed E-state index contributed by atoms with van der Waals surface area (Å²) in [4.78, 5) is 13.7. The average Bonchev–Trinajstić information content (AvgIpc) is 2.53. The zero-order chi connectivity index (χ0) is 15.9. The molecule has 0 aliphatic heterocycles. The van der Waals surface area contributed by atoms with Gasteiger partial charge >= 0.3 is 0 Å². The maximum atomic E-state index is 13.5. The van der Waals surface area contributed by atoms with Crippen LogP contribution in [0.4, 0.5) is 8.78 Å². The molecule has 2 rings (SSSR count). The number of hydrogen-bond donors (Lipinski definition) is 0. The van der Waals surface area contributed by atoms with Gasteiger partial charge in [0, 0.05) is 20.0 Å². The van der Waals surface area contributed by atoms with Crippen LogP contribution in [0, 0.1) is 11.6 Å². The van der Waals surface area contributed by atoms with Crippen LogP contribution in [0.1, 0.15) is 17.5 Å². The van der Waals surface area contributed by atoms with Crippen LogP contribution in [0.25, 0.3) is 0 Å². The van der Waals surface area contributed by atoms with Crippen molar-refractivity contribution in [1.82, 2.24) is 4.90 Å². The number of likely N-dealkylation sites (N-methyl/N-ethyl adjacent to an activating group) is 1. The summed E-state index contributed by atoms with van der Waals surface area (Å²) in [7, 11) is 1.73. The molecule has 0 saturated heterocycles. The van der Waals surface area contributed by atoms with Crippen molar-refractivity contribution in [1.29, 1.82) is 0 Å². The molecule has 22 heavy (non-hydrogen) atoms. The van der Waals surface area contributed by atoms with Crippen molar-refractivity contribution >= 4 is 5.91 Å². The third-order valence-electron chi connectivity index (χ3n) is 3.64. The van der Waals surface area contributed by atoms with Gasteiger partial charge in [-0.25, -0.2) is 8.78 Å². The molecular weight excluding hydrogens is 284 g/mol. The number of amides is 1. The fourth-order valence-electron chi connectivity index (χ4n) is 2.21. The SMILES string of the molecule is CN(CCc1ccc(F)cc1)C(=O)CCc1ccccc1F. The molecule has 0 atom stereocenters. The molecule has 4 heteroatoms. The Hall–Kier alpha value is -2.23. The van der Waals surface area contributed by atoms with E-state index in [0.29, 0.717) is 24.9 Å². The summed E-state index contributed by atoms with van der Waals surface area (Å²) in [6, 6.07) is 12.8. The average molecular weight is 303 g/mol. The topological polar surface area (TPSA) is 20.3 Å². The lowest BCUT2D eigenvalue weighted by Crippen LogP contribution is -2.29. The molecule has 0 aliphatic rings. The lowest BCUT2D eigenvalue weighted by atomic mass is 10.1. The zero-order valence-corrected chi connectivity index (χ0v) is 12.6. The number of hydrogen-bond acceptors (Lipinski definition) is 1. The van der Waals surface area contributed by atoms with E-state index in [-0.39, 0.29) is 24.0 Å². The number of carbonyl (C=O) groups excluding carboxylic acids is 1. The number of rotatable bonds is 6. The Kier molecular flexibility index (Phi) is 5.64. The summed E-state index contributed by atoms with van der Waals surface area (Å²) in [5.74, 6) is -0.562. The molecule has 0 unspecified atom stereocenters. The highest BCUT2D eigenvalue weighted by Crippen LogP contribution is 2.10. The molecular formula is C18H19F2NO. The number of carbonyl (C=O) groups is 1. The maximum absolute atomic E-state index is 13.5. The van der Waals surface area contributed by atoms with Gasteiger partial charge in [-0.3, -0.25) is 4.79 Å². The third-order valence-corrected chi connectivity index (χ3v) is 3.64. The number of aryl methyl sites for hydroxylation is 1. The second kappa shape index (κ2) is 7.69. The lowest BCUT2D eigenvalue weighted by Gasteiger charge is -2.17. The van der Waals surface area contributed by atoms with Crippen LogP contribution in [0.3, 0.4) is 0 Å². The van der Waals surface area contributed by atoms with Gasteiger partial charge in [-0.15, -0.1) is 0 Å². The largest absolute Gasteiger partial charge is 0.345 e. The van der Waals surface area contributed by atoms with Gasteiger partial charge < -0.3 is 4.90 Å². The number of benzene rings is 2. The zero-order valence-electron chi connectivity index (χ0n) is 12.6. The van der Waals surface area contributed by atoms with Crippen LogP contribution < -0.4 is 0 Å². The predicted octanol–water partition coefficient (Wildman–Crippen LogP) is 3.60. The van der Waals surface area contributed by atoms with Crippen molar-refractivity contribution in [2.45, 2.75) is 19.3 Å². The van der Waals surface area contributed by atoms with E-state index in [1.807, 2.05) is 0 Å². The van der Waals surface area contributed by atoms with Gasteiger partial charge in [0.15, 0.2) is 0 Å². The highest BCUT2D eigenvalue weighted by molar-refractivity contribution is 5.76. The fraction of sp³-hybridized carbons (Fsp3) is 0.278. The van der Waals surface area contributed by atoms with Gasteiger partial charge in [-0.2, -0.15) is 0 Å². The summed E-state index contributed by atoms with van der Waals surface area (Å²) in [6.07, 6.45) is 1.34. The quantitative estimate of drug-likeness (QED) is 0.798. The van der Waals surface area contributed by atoms with Gasteiger partial charge in [0.1, 0.15) is 11.6 Å². The minimum atomic E-state index is -0.274.